The molecule has 18 heavy (non-hydrogen) atoms. The lowest BCUT2D eigenvalue weighted by Gasteiger charge is -2.11. The minimum Gasteiger partial charge on any atom is -0.351 e. The van der Waals surface area contributed by atoms with E-state index in [1.165, 1.54) is 0 Å². The molecule has 1 aromatic rings. The summed E-state index contributed by atoms with van der Waals surface area (Å²) in [6.07, 6.45) is -4.82. The highest BCUT2D eigenvalue weighted by molar-refractivity contribution is 9.09. The minimum atomic E-state index is -4.82. The SMILES string of the molecule is CC(Br)CNC(=O)c1cccc(C(F)(F)F)c1F. The molecule has 0 heterocycles. The number of hydrogen-bond acceptors (Lipinski definition) is 1. The van der Waals surface area contributed by atoms with Crippen LogP contribution in [-0.2, 0) is 6.18 Å². The third kappa shape index (κ3) is 3.69. The van der Waals surface area contributed by atoms with Gasteiger partial charge in [0.2, 0.25) is 0 Å². The third-order valence-electron chi connectivity index (χ3n) is 2.09. The fraction of sp³-hybridized carbons (Fsp3) is 0.364. The van der Waals surface area contributed by atoms with Crippen LogP contribution in [0.5, 0.6) is 0 Å². The van der Waals surface area contributed by atoms with Gasteiger partial charge in [0.25, 0.3) is 5.91 Å². The van der Waals surface area contributed by atoms with E-state index in [2.05, 4.69) is 21.2 Å². The molecule has 0 aliphatic carbocycles. The van der Waals surface area contributed by atoms with Crippen molar-refractivity contribution in [2.75, 3.05) is 6.54 Å². The standard InChI is InChI=1S/C11H10BrF4NO/c1-6(12)5-17-10(18)7-3-2-4-8(9(7)13)11(14,15)16/h2-4,6H,5H2,1H3,(H,17,18). The van der Waals surface area contributed by atoms with Gasteiger partial charge in [-0.25, -0.2) is 4.39 Å². The van der Waals surface area contributed by atoms with Crippen LogP contribution in [0.1, 0.15) is 22.8 Å². The predicted molar refractivity (Wildman–Crippen MR) is 62.1 cm³/mol. The Morgan fingerprint density at radius 2 is 2.06 bits per heavy atom. The van der Waals surface area contributed by atoms with Crippen molar-refractivity contribution < 1.29 is 22.4 Å². The number of benzene rings is 1. The molecule has 0 saturated carbocycles. The Kier molecular flexibility index (Phi) is 4.72. The first-order valence-corrected chi connectivity index (χ1v) is 5.93. The number of carbonyl (C=O) groups excluding carboxylic acids is 1. The summed E-state index contributed by atoms with van der Waals surface area (Å²) in [4.78, 5) is 11.4. The zero-order valence-electron chi connectivity index (χ0n) is 9.31. The van der Waals surface area contributed by atoms with Gasteiger partial charge >= 0.3 is 6.18 Å². The van der Waals surface area contributed by atoms with Gasteiger partial charge < -0.3 is 5.32 Å². The molecule has 100 valence electrons. The largest absolute Gasteiger partial charge is 0.419 e. The highest BCUT2D eigenvalue weighted by Gasteiger charge is 2.35. The third-order valence-corrected chi connectivity index (χ3v) is 2.42. The maximum atomic E-state index is 13.6. The first kappa shape index (κ1) is 14.9. The second-order valence-corrected chi connectivity index (χ2v) is 5.22. The molecule has 1 aromatic carbocycles. The lowest BCUT2D eigenvalue weighted by atomic mass is 10.1. The van der Waals surface area contributed by atoms with E-state index in [9.17, 15) is 22.4 Å². The Balaban J connectivity index is 3.01. The average molecular weight is 328 g/mol. The summed E-state index contributed by atoms with van der Waals surface area (Å²) < 4.78 is 50.8. The van der Waals surface area contributed by atoms with E-state index >= 15 is 0 Å². The van der Waals surface area contributed by atoms with Crippen molar-refractivity contribution in [3.05, 3.63) is 35.1 Å². The van der Waals surface area contributed by atoms with E-state index in [1.54, 1.807) is 6.92 Å². The van der Waals surface area contributed by atoms with Crippen LogP contribution >= 0.6 is 15.9 Å². The van der Waals surface area contributed by atoms with E-state index in [0.717, 1.165) is 12.1 Å². The smallest absolute Gasteiger partial charge is 0.351 e. The summed E-state index contributed by atoms with van der Waals surface area (Å²) in [6.45, 7) is 1.93. The fourth-order valence-electron chi connectivity index (χ4n) is 1.25. The molecule has 0 saturated heterocycles. The quantitative estimate of drug-likeness (QED) is 0.669. The monoisotopic (exact) mass is 327 g/mol. The first-order chi connectivity index (χ1) is 8.23. The summed E-state index contributed by atoms with van der Waals surface area (Å²) >= 11 is 3.15. The Labute approximate surface area is 109 Å². The molecule has 7 heteroatoms. The second kappa shape index (κ2) is 5.69. The van der Waals surface area contributed by atoms with Gasteiger partial charge in [-0.3, -0.25) is 4.79 Å². The van der Waals surface area contributed by atoms with Crippen LogP contribution in [0.4, 0.5) is 17.6 Å². The number of halogens is 5. The van der Waals surface area contributed by atoms with E-state index in [4.69, 9.17) is 0 Å². The Hall–Kier alpha value is -1.11. The fourth-order valence-corrected chi connectivity index (χ4v) is 1.42. The van der Waals surface area contributed by atoms with E-state index < -0.39 is 29.0 Å². The number of hydrogen-bond donors (Lipinski definition) is 1. The number of amides is 1. The zero-order chi connectivity index (χ0) is 13.9. The van der Waals surface area contributed by atoms with E-state index in [0.29, 0.717) is 6.07 Å². The Bertz CT molecular complexity index is 445. The highest BCUT2D eigenvalue weighted by Crippen LogP contribution is 2.32. The summed E-state index contributed by atoms with van der Waals surface area (Å²) in [5, 5.41) is 2.32. The molecular weight excluding hydrogens is 318 g/mol. The molecule has 0 bridgehead atoms. The molecule has 0 fully saturated rings. The van der Waals surface area contributed by atoms with Gasteiger partial charge in [-0.15, -0.1) is 0 Å². The Morgan fingerprint density at radius 3 is 2.56 bits per heavy atom. The van der Waals surface area contributed by atoms with Crippen molar-refractivity contribution >= 4 is 21.8 Å². The van der Waals surface area contributed by atoms with Gasteiger partial charge in [0.05, 0.1) is 11.1 Å². The zero-order valence-corrected chi connectivity index (χ0v) is 10.9. The van der Waals surface area contributed by atoms with Crippen LogP contribution in [0.3, 0.4) is 0 Å². The summed E-state index contributed by atoms with van der Waals surface area (Å²) in [5.41, 5.74) is -2.06. The Morgan fingerprint density at radius 1 is 1.44 bits per heavy atom. The van der Waals surface area contributed by atoms with Crippen molar-refractivity contribution in [2.24, 2.45) is 0 Å². The molecule has 1 rings (SSSR count). The van der Waals surface area contributed by atoms with Crippen molar-refractivity contribution in [3.8, 4) is 0 Å². The lowest BCUT2D eigenvalue weighted by molar-refractivity contribution is -0.140. The van der Waals surface area contributed by atoms with Crippen LogP contribution in [0.15, 0.2) is 18.2 Å². The van der Waals surface area contributed by atoms with Gasteiger partial charge in [0.15, 0.2) is 0 Å². The normalized spacial score (nSPS) is 13.2. The van der Waals surface area contributed by atoms with Crippen LogP contribution in [-0.4, -0.2) is 17.3 Å². The summed E-state index contributed by atoms with van der Waals surface area (Å²) in [7, 11) is 0. The van der Waals surface area contributed by atoms with Crippen molar-refractivity contribution in [1.82, 2.24) is 5.32 Å². The number of nitrogens with one attached hydrogen (secondary N) is 1. The summed E-state index contributed by atoms with van der Waals surface area (Å²) in [6, 6.07) is 2.61. The van der Waals surface area contributed by atoms with Gasteiger partial charge in [-0.1, -0.05) is 28.9 Å². The lowest BCUT2D eigenvalue weighted by Crippen LogP contribution is -2.29. The predicted octanol–water partition coefficient (Wildman–Crippen LogP) is 3.36. The van der Waals surface area contributed by atoms with Gasteiger partial charge in [-0.2, -0.15) is 13.2 Å². The molecule has 1 unspecified atom stereocenters. The van der Waals surface area contributed by atoms with Crippen LogP contribution in [0.25, 0.3) is 0 Å². The molecule has 0 aliphatic heterocycles. The number of alkyl halides is 4. The van der Waals surface area contributed by atoms with E-state index in [-0.39, 0.29) is 11.4 Å². The molecule has 0 spiro atoms. The molecule has 1 atom stereocenters. The topological polar surface area (TPSA) is 29.1 Å². The molecular formula is C11H10BrF4NO. The average Bonchev–Trinajstić information content (AvgIpc) is 2.24. The second-order valence-electron chi connectivity index (χ2n) is 3.66. The summed E-state index contributed by atoms with van der Waals surface area (Å²) in [5.74, 6) is -2.42. The van der Waals surface area contributed by atoms with Crippen molar-refractivity contribution in [2.45, 2.75) is 17.9 Å². The van der Waals surface area contributed by atoms with Crippen LogP contribution in [0.2, 0.25) is 0 Å². The molecule has 2 nitrogen and oxygen atoms in total. The highest BCUT2D eigenvalue weighted by atomic mass is 79.9. The van der Waals surface area contributed by atoms with Crippen LogP contribution < -0.4 is 5.32 Å². The number of rotatable bonds is 3. The molecule has 1 N–H and O–H groups in total. The van der Waals surface area contributed by atoms with Crippen molar-refractivity contribution in [3.63, 3.8) is 0 Å². The van der Waals surface area contributed by atoms with Gasteiger partial charge in [0, 0.05) is 11.4 Å². The molecule has 1 amide bonds. The van der Waals surface area contributed by atoms with Crippen LogP contribution in [0, 0.1) is 5.82 Å². The maximum Gasteiger partial charge on any atom is 0.419 e. The maximum absolute atomic E-state index is 13.6. The molecule has 0 aromatic heterocycles. The number of carbonyl (C=O) groups is 1. The van der Waals surface area contributed by atoms with E-state index in [1.807, 2.05) is 0 Å². The molecule has 0 radical (unpaired) electrons. The minimum absolute atomic E-state index is 0.0599. The molecule has 0 aliphatic rings. The first-order valence-electron chi connectivity index (χ1n) is 5.01. The van der Waals surface area contributed by atoms with Gasteiger partial charge in [-0.05, 0) is 12.1 Å². The van der Waals surface area contributed by atoms with Crippen molar-refractivity contribution in [1.29, 1.82) is 0 Å². The van der Waals surface area contributed by atoms with Gasteiger partial charge in [0.1, 0.15) is 5.82 Å².